The van der Waals surface area contributed by atoms with E-state index in [2.05, 4.69) is 9.68 Å². The summed E-state index contributed by atoms with van der Waals surface area (Å²) in [5.41, 5.74) is -0.195. The van der Waals surface area contributed by atoms with Gasteiger partial charge < -0.3 is 17.5 Å². The van der Waals surface area contributed by atoms with Gasteiger partial charge in [0.25, 0.3) is 0 Å². The lowest BCUT2D eigenvalue weighted by Crippen LogP contribution is -2.33. The van der Waals surface area contributed by atoms with Gasteiger partial charge in [-0.05, 0) is 6.07 Å². The Balaban J connectivity index is 2.61. The highest BCUT2D eigenvalue weighted by Crippen LogP contribution is 2.14. The fraction of sp³-hybridized carbons (Fsp3) is 0. The van der Waals surface area contributed by atoms with E-state index in [0.29, 0.717) is 10.9 Å². The van der Waals surface area contributed by atoms with E-state index in [1.807, 2.05) is 0 Å². The van der Waals surface area contributed by atoms with E-state index in [0.717, 1.165) is 12.1 Å². The third-order valence-electron chi connectivity index (χ3n) is 1.76. The summed E-state index contributed by atoms with van der Waals surface area (Å²) in [6, 6.07) is 3.33. The molecular formula is C7H4BF3NO-. The Bertz CT molecular complexity index is 436. The quantitative estimate of drug-likeness (QED) is 0.635. The molecule has 2 aromatic rings. The van der Waals surface area contributed by atoms with Crippen molar-refractivity contribution in [2.24, 2.45) is 0 Å². The highest BCUT2D eigenvalue weighted by molar-refractivity contribution is 6.73. The van der Waals surface area contributed by atoms with Crippen LogP contribution in [0.3, 0.4) is 0 Å². The molecular weight excluding hydrogens is 182 g/mol. The van der Waals surface area contributed by atoms with Gasteiger partial charge in [0, 0.05) is 5.39 Å². The smallest absolute Gasteiger partial charge is 0.445 e. The molecule has 0 atom stereocenters. The Kier molecular flexibility index (Phi) is 1.58. The summed E-state index contributed by atoms with van der Waals surface area (Å²) in [6.07, 6.45) is 1.20. The standard InChI is InChI=1S/C7H4BF3NO/c9-8(10,11)6-1-2-7-5(3-6)4-13-12-7/h1-4H/q-1. The third-order valence-corrected chi connectivity index (χ3v) is 1.76. The fourth-order valence-electron chi connectivity index (χ4n) is 1.09. The molecule has 0 aliphatic carbocycles. The number of hydrogen-bond donors (Lipinski definition) is 0. The Labute approximate surface area is 71.4 Å². The van der Waals surface area contributed by atoms with Gasteiger partial charge in [0.2, 0.25) is 0 Å². The number of halogens is 3. The molecule has 1 aromatic carbocycles. The number of benzene rings is 1. The fourth-order valence-corrected chi connectivity index (χ4v) is 1.09. The molecule has 0 saturated heterocycles. The third kappa shape index (κ3) is 1.39. The number of hydrogen-bond acceptors (Lipinski definition) is 2. The van der Waals surface area contributed by atoms with Crippen LogP contribution in [-0.2, 0) is 0 Å². The first kappa shape index (κ1) is 8.16. The van der Waals surface area contributed by atoms with Crippen LogP contribution in [0.1, 0.15) is 0 Å². The van der Waals surface area contributed by atoms with Crippen LogP contribution in [-0.4, -0.2) is 12.1 Å². The lowest BCUT2D eigenvalue weighted by Gasteiger charge is -2.13. The second-order valence-corrected chi connectivity index (χ2v) is 2.71. The van der Waals surface area contributed by atoms with Crippen molar-refractivity contribution in [3.63, 3.8) is 0 Å². The highest BCUT2D eigenvalue weighted by atomic mass is 19.4. The molecule has 0 radical (unpaired) electrons. The van der Waals surface area contributed by atoms with Crippen LogP contribution in [0.4, 0.5) is 12.9 Å². The molecule has 1 heterocycles. The maximum atomic E-state index is 12.2. The number of fused-ring (bicyclic) bond motifs is 1. The summed E-state index contributed by atoms with van der Waals surface area (Å²) in [5, 5.41) is 3.88. The largest absolute Gasteiger partial charge is 0.509 e. The second-order valence-electron chi connectivity index (χ2n) is 2.71. The molecule has 1 aromatic heterocycles. The van der Waals surface area contributed by atoms with Crippen LogP contribution < -0.4 is 5.46 Å². The van der Waals surface area contributed by atoms with Gasteiger partial charge in [0.1, 0.15) is 11.8 Å². The van der Waals surface area contributed by atoms with Crippen molar-refractivity contribution in [3.05, 3.63) is 24.5 Å². The molecule has 6 heteroatoms. The Morgan fingerprint density at radius 3 is 2.69 bits per heavy atom. The van der Waals surface area contributed by atoms with E-state index in [-0.39, 0.29) is 0 Å². The lowest BCUT2D eigenvalue weighted by molar-refractivity contribution is 0.428. The predicted octanol–water partition coefficient (Wildman–Crippen LogP) is 1.88. The van der Waals surface area contributed by atoms with Crippen molar-refractivity contribution in [2.75, 3.05) is 0 Å². The minimum Gasteiger partial charge on any atom is -0.445 e. The molecule has 0 saturated carbocycles. The summed E-state index contributed by atoms with van der Waals surface area (Å²) in [4.78, 5) is 0. The Morgan fingerprint density at radius 1 is 1.23 bits per heavy atom. The van der Waals surface area contributed by atoms with E-state index in [9.17, 15) is 12.9 Å². The molecule has 0 fully saturated rings. The van der Waals surface area contributed by atoms with Gasteiger partial charge >= 0.3 is 6.98 Å². The SMILES string of the molecule is F[B-](F)(F)c1ccc2nocc2c1. The first-order chi connectivity index (χ1) is 6.07. The van der Waals surface area contributed by atoms with Crippen molar-refractivity contribution in [2.45, 2.75) is 0 Å². The van der Waals surface area contributed by atoms with E-state index in [4.69, 9.17) is 0 Å². The molecule has 0 aliphatic heterocycles. The van der Waals surface area contributed by atoms with Crippen LogP contribution in [0.5, 0.6) is 0 Å². The van der Waals surface area contributed by atoms with Gasteiger partial charge in [-0.15, -0.1) is 5.46 Å². The van der Waals surface area contributed by atoms with Gasteiger partial charge in [0.05, 0.1) is 0 Å². The van der Waals surface area contributed by atoms with Crippen molar-refractivity contribution in [1.29, 1.82) is 0 Å². The van der Waals surface area contributed by atoms with Crippen molar-refractivity contribution in [3.8, 4) is 0 Å². The normalized spacial score (nSPS) is 12.2. The molecule has 2 rings (SSSR count). The van der Waals surface area contributed by atoms with Crippen LogP contribution in [0.15, 0.2) is 29.0 Å². The molecule has 0 N–H and O–H groups in total. The summed E-state index contributed by atoms with van der Waals surface area (Å²) in [7, 11) is 0. The zero-order valence-electron chi connectivity index (χ0n) is 6.38. The summed E-state index contributed by atoms with van der Waals surface area (Å²) >= 11 is 0. The first-order valence-corrected chi connectivity index (χ1v) is 3.61. The van der Waals surface area contributed by atoms with Gasteiger partial charge in [-0.3, -0.25) is 0 Å². The second kappa shape index (κ2) is 2.51. The number of rotatable bonds is 1. The summed E-state index contributed by atoms with van der Waals surface area (Å²) < 4.78 is 41.2. The van der Waals surface area contributed by atoms with Crippen LogP contribution >= 0.6 is 0 Å². The topological polar surface area (TPSA) is 26.0 Å². The molecule has 2 nitrogen and oxygen atoms in total. The Hall–Kier alpha value is -1.46. The van der Waals surface area contributed by atoms with E-state index >= 15 is 0 Å². The average Bonchev–Trinajstić information content (AvgIpc) is 2.47. The molecule has 0 amide bonds. The van der Waals surface area contributed by atoms with E-state index in [1.54, 1.807) is 0 Å². The van der Waals surface area contributed by atoms with Crippen LogP contribution in [0.2, 0.25) is 0 Å². The zero-order valence-corrected chi connectivity index (χ0v) is 6.38. The van der Waals surface area contributed by atoms with Crippen molar-refractivity contribution in [1.82, 2.24) is 5.16 Å². The van der Waals surface area contributed by atoms with Gasteiger partial charge in [-0.1, -0.05) is 17.3 Å². The minimum atomic E-state index is -4.93. The molecule has 68 valence electrons. The molecule has 0 bridgehead atoms. The Morgan fingerprint density at radius 2 is 2.00 bits per heavy atom. The monoisotopic (exact) mass is 186 g/mol. The molecule has 0 unspecified atom stereocenters. The van der Waals surface area contributed by atoms with Crippen molar-refractivity contribution < 1.29 is 17.5 Å². The minimum absolute atomic E-state index is 0.372. The van der Waals surface area contributed by atoms with Crippen LogP contribution in [0, 0.1) is 0 Å². The maximum Gasteiger partial charge on any atom is 0.509 e. The van der Waals surface area contributed by atoms with Gasteiger partial charge in [-0.2, -0.15) is 0 Å². The average molecular weight is 186 g/mol. The molecule has 0 aliphatic rings. The van der Waals surface area contributed by atoms with Crippen LogP contribution in [0.25, 0.3) is 10.9 Å². The number of nitrogens with zero attached hydrogens (tertiary/aromatic N) is 1. The van der Waals surface area contributed by atoms with Gasteiger partial charge in [0.15, 0.2) is 0 Å². The van der Waals surface area contributed by atoms with E-state index in [1.165, 1.54) is 12.3 Å². The summed E-state index contributed by atoms with van der Waals surface area (Å²) in [6.45, 7) is -4.93. The lowest BCUT2D eigenvalue weighted by atomic mass is 9.80. The van der Waals surface area contributed by atoms with Crippen molar-refractivity contribution >= 4 is 23.3 Å². The first-order valence-electron chi connectivity index (χ1n) is 3.61. The summed E-state index contributed by atoms with van der Waals surface area (Å²) in [5.74, 6) is 0. The maximum absolute atomic E-state index is 12.2. The zero-order chi connectivity index (χ0) is 9.47. The predicted molar refractivity (Wildman–Crippen MR) is 42.7 cm³/mol. The highest BCUT2D eigenvalue weighted by Gasteiger charge is 2.25. The van der Waals surface area contributed by atoms with Gasteiger partial charge in [-0.25, -0.2) is 0 Å². The number of aromatic nitrogens is 1. The molecule has 13 heavy (non-hydrogen) atoms. The van der Waals surface area contributed by atoms with E-state index < -0.39 is 12.4 Å². The molecule has 0 spiro atoms.